The average Bonchev–Trinajstić information content (AvgIpc) is 3.43. The van der Waals surface area contributed by atoms with Crippen molar-refractivity contribution in [2.45, 2.75) is 51.5 Å². The Morgan fingerprint density at radius 3 is 2.67 bits per heavy atom. The number of anilines is 1. The van der Waals surface area contributed by atoms with Gasteiger partial charge in [0.25, 0.3) is 5.91 Å². The molecule has 0 bridgehead atoms. The normalized spacial score (nSPS) is 17.8. The maximum Gasteiger partial charge on any atom is 0.258 e. The molecule has 1 fully saturated rings. The van der Waals surface area contributed by atoms with E-state index in [1.54, 1.807) is 18.3 Å². The quantitative estimate of drug-likeness (QED) is 0.555. The molecule has 1 atom stereocenters. The number of furan rings is 1. The summed E-state index contributed by atoms with van der Waals surface area (Å²) >= 11 is 0. The fourth-order valence-electron chi connectivity index (χ4n) is 5.13. The van der Waals surface area contributed by atoms with Crippen molar-refractivity contribution in [2.24, 2.45) is 0 Å². The highest BCUT2D eigenvalue weighted by molar-refractivity contribution is 5.97. The van der Waals surface area contributed by atoms with Crippen molar-refractivity contribution < 1.29 is 13.6 Å². The Balaban J connectivity index is 1.57. The van der Waals surface area contributed by atoms with Gasteiger partial charge in [0.1, 0.15) is 17.3 Å². The van der Waals surface area contributed by atoms with E-state index < -0.39 is 0 Å². The van der Waals surface area contributed by atoms with Gasteiger partial charge in [-0.1, -0.05) is 12.1 Å². The van der Waals surface area contributed by atoms with Crippen molar-refractivity contribution in [3.8, 4) is 11.1 Å². The first-order chi connectivity index (χ1) is 15.9. The lowest BCUT2D eigenvalue weighted by Crippen LogP contribution is -2.32. The second kappa shape index (κ2) is 8.61. The molecule has 0 radical (unpaired) electrons. The van der Waals surface area contributed by atoms with Gasteiger partial charge < -0.3 is 14.2 Å². The summed E-state index contributed by atoms with van der Waals surface area (Å²) in [5.41, 5.74) is 4.30. The van der Waals surface area contributed by atoms with E-state index in [0.717, 1.165) is 72.2 Å². The second-order valence-electron chi connectivity index (χ2n) is 9.17. The van der Waals surface area contributed by atoms with Gasteiger partial charge in [0.05, 0.1) is 17.3 Å². The number of aryl methyl sites for hydroxylation is 2. The van der Waals surface area contributed by atoms with Gasteiger partial charge in [-0.2, -0.15) is 0 Å². The molecule has 5 rings (SSSR count). The van der Waals surface area contributed by atoms with Crippen LogP contribution >= 0.6 is 0 Å². The lowest BCUT2D eigenvalue weighted by Gasteiger charge is -2.27. The summed E-state index contributed by atoms with van der Waals surface area (Å²) in [5.74, 6) is 2.02. The van der Waals surface area contributed by atoms with Crippen molar-refractivity contribution in [1.29, 1.82) is 0 Å². The highest BCUT2D eigenvalue weighted by atomic mass is 19.1. The first kappa shape index (κ1) is 21.6. The Morgan fingerprint density at radius 1 is 1.15 bits per heavy atom. The molecule has 0 unspecified atom stereocenters. The molecule has 0 N–H and O–H groups in total. The summed E-state index contributed by atoms with van der Waals surface area (Å²) in [7, 11) is 3.80. The highest BCUT2D eigenvalue weighted by Crippen LogP contribution is 2.39. The van der Waals surface area contributed by atoms with Crippen LogP contribution < -0.4 is 4.90 Å². The number of carbonyl (C=O) groups is 1. The average molecular weight is 449 g/mol. The minimum absolute atomic E-state index is 0.0250. The fourth-order valence-corrected chi connectivity index (χ4v) is 5.13. The molecule has 33 heavy (non-hydrogen) atoms. The first-order valence-corrected chi connectivity index (χ1v) is 11.7. The van der Waals surface area contributed by atoms with Gasteiger partial charge in [-0.15, -0.1) is 0 Å². The van der Waals surface area contributed by atoms with E-state index >= 15 is 0 Å². The van der Waals surface area contributed by atoms with Crippen LogP contribution in [0.5, 0.6) is 0 Å². The Labute approximate surface area is 193 Å². The Kier molecular flexibility index (Phi) is 5.64. The van der Waals surface area contributed by atoms with Crippen LogP contribution in [0.2, 0.25) is 0 Å². The summed E-state index contributed by atoms with van der Waals surface area (Å²) in [5, 5.41) is 0. The van der Waals surface area contributed by atoms with Crippen molar-refractivity contribution >= 4 is 11.9 Å². The number of likely N-dealkylation sites (tertiary alicyclic amines) is 1. The number of rotatable bonds is 4. The SMILES string of the molecule is Cc1oc2c(c1C(=O)N1CCC[C@@H]1c1nc(N(C)C)ncc1-c1ccc(F)cc1)CCCC2. The second-order valence-corrected chi connectivity index (χ2v) is 9.17. The number of halogens is 1. The standard InChI is InChI=1S/C26H29FN4O2/c1-16-23(19-7-4-5-9-22(19)33-16)25(32)31-14-6-8-21(31)24-20(15-28-26(29-24)30(2)3)17-10-12-18(27)13-11-17/h10-13,15,21H,4-9,14H2,1-3H3/t21-/m1/s1. The van der Waals surface area contributed by atoms with Crippen LogP contribution in [0.25, 0.3) is 11.1 Å². The third-order valence-electron chi connectivity index (χ3n) is 6.75. The number of hydrogen-bond donors (Lipinski definition) is 0. The summed E-state index contributed by atoms with van der Waals surface area (Å²) in [6, 6.07) is 6.19. The minimum Gasteiger partial charge on any atom is -0.465 e. The van der Waals surface area contributed by atoms with E-state index in [1.807, 2.05) is 30.8 Å². The maximum absolute atomic E-state index is 13.9. The monoisotopic (exact) mass is 448 g/mol. The zero-order valence-electron chi connectivity index (χ0n) is 19.4. The molecule has 172 valence electrons. The zero-order chi connectivity index (χ0) is 23.1. The van der Waals surface area contributed by atoms with Gasteiger partial charge in [-0.25, -0.2) is 14.4 Å². The molecule has 0 spiro atoms. The molecule has 1 aliphatic heterocycles. The van der Waals surface area contributed by atoms with Crippen molar-refractivity contribution in [2.75, 3.05) is 25.5 Å². The largest absolute Gasteiger partial charge is 0.465 e. The van der Waals surface area contributed by atoms with E-state index in [9.17, 15) is 9.18 Å². The number of aromatic nitrogens is 2. The molecular weight excluding hydrogens is 419 g/mol. The highest BCUT2D eigenvalue weighted by Gasteiger charge is 2.37. The van der Waals surface area contributed by atoms with Gasteiger partial charge in [-0.05, 0) is 56.7 Å². The number of carbonyl (C=O) groups excluding carboxylic acids is 1. The van der Waals surface area contributed by atoms with E-state index in [-0.39, 0.29) is 17.8 Å². The van der Waals surface area contributed by atoms with Gasteiger partial charge in [0.2, 0.25) is 5.95 Å². The Morgan fingerprint density at radius 2 is 1.91 bits per heavy atom. The molecule has 6 nitrogen and oxygen atoms in total. The number of hydrogen-bond acceptors (Lipinski definition) is 5. The predicted molar refractivity (Wildman–Crippen MR) is 125 cm³/mol. The summed E-state index contributed by atoms with van der Waals surface area (Å²) in [6.07, 6.45) is 7.50. The molecule has 2 aliphatic rings. The fraction of sp³-hybridized carbons (Fsp3) is 0.423. The van der Waals surface area contributed by atoms with Crippen molar-refractivity contribution in [1.82, 2.24) is 14.9 Å². The van der Waals surface area contributed by atoms with Gasteiger partial charge in [-0.3, -0.25) is 4.79 Å². The molecule has 0 saturated carbocycles. The summed E-state index contributed by atoms with van der Waals surface area (Å²) in [4.78, 5) is 27.0. The van der Waals surface area contributed by atoms with Crippen LogP contribution in [0.4, 0.5) is 10.3 Å². The predicted octanol–water partition coefficient (Wildman–Crippen LogP) is 5.11. The molecule has 3 heterocycles. The zero-order valence-corrected chi connectivity index (χ0v) is 19.4. The number of fused-ring (bicyclic) bond motifs is 1. The van der Waals surface area contributed by atoms with E-state index in [2.05, 4.69) is 4.98 Å². The Bertz CT molecular complexity index is 1190. The van der Waals surface area contributed by atoms with Crippen LogP contribution in [0, 0.1) is 12.7 Å². The molecule has 3 aromatic rings. The molecule has 1 saturated heterocycles. The lowest BCUT2D eigenvalue weighted by molar-refractivity contribution is 0.0730. The molecule has 1 aliphatic carbocycles. The van der Waals surface area contributed by atoms with Crippen molar-refractivity contribution in [3.63, 3.8) is 0 Å². The van der Waals surface area contributed by atoms with Crippen LogP contribution in [0.3, 0.4) is 0 Å². The minimum atomic E-state index is -0.288. The molecule has 1 aromatic carbocycles. The topological polar surface area (TPSA) is 62.5 Å². The third-order valence-corrected chi connectivity index (χ3v) is 6.75. The van der Waals surface area contributed by atoms with Crippen LogP contribution in [-0.2, 0) is 12.8 Å². The molecule has 7 heteroatoms. The van der Waals surface area contributed by atoms with E-state index in [4.69, 9.17) is 9.40 Å². The van der Waals surface area contributed by atoms with Gasteiger partial charge >= 0.3 is 0 Å². The van der Waals surface area contributed by atoms with E-state index in [0.29, 0.717) is 18.3 Å². The molecule has 2 aromatic heterocycles. The van der Waals surface area contributed by atoms with Crippen LogP contribution in [0.1, 0.15) is 64.9 Å². The third kappa shape index (κ3) is 3.90. The number of amides is 1. The van der Waals surface area contributed by atoms with E-state index in [1.165, 1.54) is 12.1 Å². The summed E-state index contributed by atoms with van der Waals surface area (Å²) < 4.78 is 19.6. The van der Waals surface area contributed by atoms with Crippen LogP contribution in [-0.4, -0.2) is 41.4 Å². The van der Waals surface area contributed by atoms with Gasteiger partial charge in [0, 0.05) is 44.4 Å². The molecular formula is C26H29FN4O2. The summed E-state index contributed by atoms with van der Waals surface area (Å²) in [6.45, 7) is 2.57. The van der Waals surface area contributed by atoms with Crippen LogP contribution in [0.15, 0.2) is 34.9 Å². The number of benzene rings is 1. The molecule has 1 amide bonds. The maximum atomic E-state index is 13.9. The van der Waals surface area contributed by atoms with Crippen molar-refractivity contribution in [3.05, 3.63) is 64.6 Å². The number of nitrogens with zero attached hydrogens (tertiary/aromatic N) is 4. The van der Waals surface area contributed by atoms with Gasteiger partial charge in [0.15, 0.2) is 0 Å². The smallest absolute Gasteiger partial charge is 0.258 e. The Hall–Kier alpha value is -3.22. The first-order valence-electron chi connectivity index (χ1n) is 11.7. The lowest BCUT2D eigenvalue weighted by atomic mass is 9.93.